The van der Waals surface area contributed by atoms with Gasteiger partial charge in [0, 0.05) is 10.6 Å². The van der Waals surface area contributed by atoms with Crippen LogP contribution in [0.3, 0.4) is 0 Å². The molecule has 3 rings (SSSR count). The van der Waals surface area contributed by atoms with Gasteiger partial charge in [0.1, 0.15) is 0 Å². The van der Waals surface area contributed by atoms with Crippen molar-refractivity contribution in [3.8, 4) is 0 Å². The molecule has 128 valence electrons. The molecule has 2 heterocycles. The van der Waals surface area contributed by atoms with Gasteiger partial charge in [-0.15, -0.1) is 11.3 Å². The molecule has 24 heavy (non-hydrogen) atoms. The maximum absolute atomic E-state index is 12.2. The summed E-state index contributed by atoms with van der Waals surface area (Å²) in [7, 11) is 0. The second kappa shape index (κ2) is 7.17. The van der Waals surface area contributed by atoms with E-state index in [1.54, 1.807) is 6.07 Å². The molecule has 6 nitrogen and oxygen atoms in total. The van der Waals surface area contributed by atoms with Gasteiger partial charge in [-0.25, -0.2) is 0 Å². The summed E-state index contributed by atoms with van der Waals surface area (Å²) in [6.07, 6.45) is 4.62. The Hall–Kier alpha value is -2.15. The van der Waals surface area contributed by atoms with E-state index in [9.17, 15) is 9.59 Å². The number of amides is 2. The number of hydrogen-bond acceptors (Lipinski definition) is 4. The van der Waals surface area contributed by atoms with E-state index in [4.69, 9.17) is 0 Å². The van der Waals surface area contributed by atoms with Crippen LogP contribution in [0.15, 0.2) is 12.1 Å². The van der Waals surface area contributed by atoms with E-state index < -0.39 is 0 Å². The van der Waals surface area contributed by atoms with Crippen LogP contribution < -0.4 is 10.9 Å². The largest absolute Gasteiger partial charge is 0.283 e. The van der Waals surface area contributed by atoms with Crippen molar-refractivity contribution in [2.24, 2.45) is 5.92 Å². The molecule has 0 aliphatic heterocycles. The number of fused-ring (bicyclic) bond motifs is 1. The SMILES string of the molecule is CC[C@H]1CCc2sc(C(=O)NNC(=O)Cc3cc(C)[nH]n3)cc2C1. The minimum atomic E-state index is -0.290. The number of carbonyl (C=O) groups is 2. The Bertz CT molecular complexity index is 750. The molecule has 0 spiro atoms. The predicted octanol–water partition coefficient (Wildman–Crippen LogP) is 2.30. The Labute approximate surface area is 145 Å². The highest BCUT2D eigenvalue weighted by molar-refractivity contribution is 7.14. The zero-order chi connectivity index (χ0) is 17.1. The Balaban J connectivity index is 1.54. The van der Waals surface area contributed by atoms with E-state index in [-0.39, 0.29) is 18.2 Å². The molecule has 0 saturated carbocycles. The lowest BCUT2D eigenvalue weighted by atomic mass is 9.87. The Morgan fingerprint density at radius 2 is 2.21 bits per heavy atom. The number of rotatable bonds is 4. The van der Waals surface area contributed by atoms with Crippen LogP contribution in [0.25, 0.3) is 0 Å². The first-order chi connectivity index (χ1) is 11.5. The van der Waals surface area contributed by atoms with Crippen molar-refractivity contribution in [2.45, 2.75) is 46.0 Å². The van der Waals surface area contributed by atoms with E-state index in [0.29, 0.717) is 10.6 Å². The number of thiophene rings is 1. The van der Waals surface area contributed by atoms with Gasteiger partial charge in [0.2, 0.25) is 5.91 Å². The number of aromatic nitrogens is 2. The van der Waals surface area contributed by atoms with Crippen LogP contribution in [-0.4, -0.2) is 22.0 Å². The summed E-state index contributed by atoms with van der Waals surface area (Å²) < 4.78 is 0. The van der Waals surface area contributed by atoms with Gasteiger partial charge < -0.3 is 0 Å². The van der Waals surface area contributed by atoms with Gasteiger partial charge in [-0.3, -0.25) is 25.5 Å². The van der Waals surface area contributed by atoms with E-state index in [1.165, 1.54) is 34.6 Å². The van der Waals surface area contributed by atoms with Crippen molar-refractivity contribution in [3.63, 3.8) is 0 Å². The molecule has 1 aliphatic rings. The van der Waals surface area contributed by atoms with E-state index >= 15 is 0 Å². The van der Waals surface area contributed by atoms with Crippen LogP contribution in [0, 0.1) is 12.8 Å². The standard InChI is InChI=1S/C17H22N4O2S/c1-3-11-4-5-14-12(7-11)8-15(24-14)17(23)21-20-16(22)9-13-6-10(2)18-19-13/h6,8,11H,3-5,7,9H2,1-2H3,(H,18,19)(H,20,22)(H,21,23)/t11-/m0/s1. The smallest absolute Gasteiger partial charge is 0.279 e. The lowest BCUT2D eigenvalue weighted by Crippen LogP contribution is -2.42. The van der Waals surface area contributed by atoms with Crippen LogP contribution in [0.1, 0.15) is 51.3 Å². The minimum Gasteiger partial charge on any atom is -0.283 e. The van der Waals surface area contributed by atoms with Crippen LogP contribution in [-0.2, 0) is 24.1 Å². The summed E-state index contributed by atoms with van der Waals surface area (Å²) >= 11 is 1.53. The molecule has 0 aromatic carbocycles. The van der Waals surface area contributed by atoms with Gasteiger partial charge >= 0.3 is 0 Å². The molecule has 2 aromatic heterocycles. The molecule has 0 saturated heterocycles. The van der Waals surface area contributed by atoms with Crippen molar-refractivity contribution in [3.05, 3.63) is 38.8 Å². The molecule has 2 amide bonds. The molecule has 0 unspecified atom stereocenters. The van der Waals surface area contributed by atoms with Crippen molar-refractivity contribution in [1.29, 1.82) is 0 Å². The number of carbonyl (C=O) groups excluding carboxylic acids is 2. The second-order valence-electron chi connectivity index (χ2n) is 6.30. The highest BCUT2D eigenvalue weighted by atomic mass is 32.1. The van der Waals surface area contributed by atoms with Gasteiger partial charge in [0.15, 0.2) is 0 Å². The number of nitrogens with zero attached hydrogens (tertiary/aromatic N) is 1. The van der Waals surface area contributed by atoms with Crippen LogP contribution in [0.2, 0.25) is 0 Å². The second-order valence-corrected chi connectivity index (χ2v) is 7.43. The van der Waals surface area contributed by atoms with Crippen LogP contribution >= 0.6 is 11.3 Å². The molecular formula is C17H22N4O2S. The van der Waals surface area contributed by atoms with Gasteiger partial charge in [-0.05, 0) is 49.8 Å². The quantitative estimate of drug-likeness (QED) is 0.743. The lowest BCUT2D eigenvalue weighted by molar-refractivity contribution is -0.121. The zero-order valence-electron chi connectivity index (χ0n) is 13.9. The fraction of sp³-hybridized carbons (Fsp3) is 0.471. The van der Waals surface area contributed by atoms with Gasteiger partial charge in [-0.1, -0.05) is 13.3 Å². The fourth-order valence-corrected chi connectivity index (χ4v) is 4.12. The molecule has 1 aliphatic carbocycles. The summed E-state index contributed by atoms with van der Waals surface area (Å²) in [6, 6.07) is 3.78. The maximum Gasteiger partial charge on any atom is 0.279 e. The van der Waals surface area contributed by atoms with Gasteiger partial charge in [0.05, 0.1) is 17.0 Å². The average molecular weight is 346 g/mol. The molecule has 3 N–H and O–H groups in total. The zero-order valence-corrected chi connectivity index (χ0v) is 14.8. The van der Waals surface area contributed by atoms with E-state index in [0.717, 1.165) is 24.5 Å². The first-order valence-corrected chi connectivity index (χ1v) is 9.08. The van der Waals surface area contributed by atoms with Crippen LogP contribution in [0.4, 0.5) is 0 Å². The van der Waals surface area contributed by atoms with E-state index in [1.807, 2.05) is 13.0 Å². The Morgan fingerprint density at radius 3 is 2.92 bits per heavy atom. The molecular weight excluding hydrogens is 324 g/mol. The number of nitrogens with one attached hydrogen (secondary N) is 3. The van der Waals surface area contributed by atoms with Gasteiger partial charge in [0.25, 0.3) is 5.91 Å². The summed E-state index contributed by atoms with van der Waals surface area (Å²) in [5.74, 6) is 0.177. The van der Waals surface area contributed by atoms with Gasteiger partial charge in [-0.2, -0.15) is 5.10 Å². The molecule has 2 aromatic rings. The summed E-state index contributed by atoms with van der Waals surface area (Å²) in [4.78, 5) is 26.1. The van der Waals surface area contributed by atoms with E-state index in [2.05, 4.69) is 28.0 Å². The third-order valence-electron chi connectivity index (χ3n) is 4.40. The number of aromatic amines is 1. The topological polar surface area (TPSA) is 86.9 Å². The first-order valence-electron chi connectivity index (χ1n) is 8.26. The number of hydrogen-bond donors (Lipinski definition) is 3. The molecule has 0 fully saturated rings. The fourth-order valence-electron chi connectivity index (χ4n) is 3.02. The third kappa shape index (κ3) is 3.84. The third-order valence-corrected chi connectivity index (χ3v) is 5.64. The monoisotopic (exact) mass is 346 g/mol. The molecule has 7 heteroatoms. The van der Waals surface area contributed by atoms with Crippen molar-refractivity contribution in [2.75, 3.05) is 0 Å². The molecule has 0 bridgehead atoms. The summed E-state index contributed by atoms with van der Waals surface area (Å²) in [5.41, 5.74) is 7.79. The molecule has 1 atom stereocenters. The number of H-pyrrole nitrogens is 1. The highest BCUT2D eigenvalue weighted by Crippen LogP contribution is 2.33. The van der Waals surface area contributed by atoms with Crippen molar-refractivity contribution < 1.29 is 9.59 Å². The highest BCUT2D eigenvalue weighted by Gasteiger charge is 2.22. The number of aryl methyl sites for hydroxylation is 2. The normalized spacial score (nSPS) is 16.5. The predicted molar refractivity (Wildman–Crippen MR) is 92.8 cm³/mol. The lowest BCUT2D eigenvalue weighted by Gasteiger charge is -2.19. The van der Waals surface area contributed by atoms with Crippen molar-refractivity contribution >= 4 is 23.2 Å². The van der Waals surface area contributed by atoms with Crippen molar-refractivity contribution in [1.82, 2.24) is 21.0 Å². The maximum atomic E-state index is 12.2. The first kappa shape index (κ1) is 16.7. The molecule has 0 radical (unpaired) electrons. The average Bonchev–Trinajstić information content (AvgIpc) is 3.17. The van der Waals surface area contributed by atoms with Crippen LogP contribution in [0.5, 0.6) is 0 Å². The summed E-state index contributed by atoms with van der Waals surface area (Å²) in [6.45, 7) is 4.09. The number of hydrazine groups is 1. The Kier molecular flexibility index (Phi) is 4.99. The summed E-state index contributed by atoms with van der Waals surface area (Å²) in [5, 5.41) is 6.79. The minimum absolute atomic E-state index is 0.129. The Morgan fingerprint density at radius 1 is 1.38 bits per heavy atom.